The Morgan fingerprint density at radius 2 is 2.00 bits per heavy atom. The fourth-order valence-corrected chi connectivity index (χ4v) is 0.652. The zero-order valence-electron chi connectivity index (χ0n) is 7.35. The van der Waals surface area contributed by atoms with Crippen LogP contribution in [0.1, 0.15) is 6.92 Å². The number of methoxy groups -OCH3 is 1. The minimum absolute atomic E-state index is 0.0368. The first kappa shape index (κ1) is 12.2. The summed E-state index contributed by atoms with van der Waals surface area (Å²) in [5.74, 6) is -0.0368. The monoisotopic (exact) mass is 199 g/mol. The van der Waals surface area contributed by atoms with Crippen molar-refractivity contribution in [3.8, 4) is 0 Å². The molecule has 6 heteroatoms. The van der Waals surface area contributed by atoms with E-state index in [2.05, 4.69) is 4.74 Å². The maximum Gasteiger partial charge on any atom is 0.422 e. The summed E-state index contributed by atoms with van der Waals surface area (Å²) in [5.41, 5.74) is 1.82. The maximum atomic E-state index is 12.2. The number of hydrogen-bond acceptors (Lipinski definition) is 3. The fourth-order valence-electron chi connectivity index (χ4n) is 0.652. The molecule has 0 aliphatic rings. The van der Waals surface area contributed by atoms with E-state index in [4.69, 9.17) is 10.8 Å². The van der Waals surface area contributed by atoms with Gasteiger partial charge in [-0.15, -0.1) is 0 Å². The lowest BCUT2D eigenvalue weighted by Gasteiger charge is -2.26. The molecule has 0 fully saturated rings. The molecule has 13 heavy (non-hydrogen) atoms. The third-order valence-corrected chi connectivity index (χ3v) is 1.57. The van der Waals surface area contributed by atoms with Crippen LogP contribution in [0.25, 0.3) is 0 Å². The van der Waals surface area contributed by atoms with Crippen LogP contribution in [0.15, 0.2) is 11.8 Å². The Kier molecular flexibility index (Phi) is 3.74. The summed E-state index contributed by atoms with van der Waals surface area (Å²) in [4.78, 5) is 0. The van der Waals surface area contributed by atoms with Crippen LogP contribution in [0.3, 0.4) is 0 Å². The summed E-state index contributed by atoms with van der Waals surface area (Å²) in [6, 6.07) is 0. The van der Waals surface area contributed by atoms with Crippen molar-refractivity contribution in [3.05, 3.63) is 11.8 Å². The van der Waals surface area contributed by atoms with E-state index in [0.717, 1.165) is 0 Å². The molecule has 0 aliphatic carbocycles. The molecule has 0 saturated heterocycles. The lowest BCUT2D eigenvalue weighted by atomic mass is 10.0. The van der Waals surface area contributed by atoms with E-state index in [1.807, 2.05) is 0 Å². The summed E-state index contributed by atoms with van der Waals surface area (Å²) in [5, 5.41) is 9.05. The van der Waals surface area contributed by atoms with Crippen molar-refractivity contribution in [1.29, 1.82) is 0 Å². The molecule has 1 unspecified atom stereocenters. The fraction of sp³-hybridized carbons (Fsp3) is 0.714. The van der Waals surface area contributed by atoms with Gasteiger partial charge in [-0.1, -0.05) is 0 Å². The molecule has 0 radical (unpaired) electrons. The topological polar surface area (TPSA) is 55.5 Å². The van der Waals surface area contributed by atoms with Crippen molar-refractivity contribution in [1.82, 2.24) is 0 Å². The Balaban J connectivity index is 4.86. The van der Waals surface area contributed by atoms with Crippen LogP contribution in [-0.4, -0.2) is 30.5 Å². The van der Waals surface area contributed by atoms with Gasteiger partial charge in [-0.05, 0) is 13.0 Å². The first-order valence-electron chi connectivity index (χ1n) is 3.49. The number of rotatable bonds is 3. The van der Waals surface area contributed by atoms with Crippen molar-refractivity contribution in [2.24, 2.45) is 5.73 Å². The van der Waals surface area contributed by atoms with Gasteiger partial charge in [0, 0.05) is 6.54 Å². The second-order valence-electron chi connectivity index (χ2n) is 2.59. The van der Waals surface area contributed by atoms with Crippen LogP contribution in [0.2, 0.25) is 0 Å². The number of halogens is 3. The number of aliphatic hydroxyl groups is 1. The van der Waals surface area contributed by atoms with Gasteiger partial charge in [0.1, 0.15) is 0 Å². The predicted molar refractivity (Wildman–Crippen MR) is 40.8 cm³/mol. The number of allylic oxidation sites excluding steroid dienone is 1. The van der Waals surface area contributed by atoms with Gasteiger partial charge in [-0.25, -0.2) is 0 Å². The highest BCUT2D eigenvalue weighted by atomic mass is 19.4. The third kappa shape index (κ3) is 2.89. The Bertz CT molecular complexity index is 202. The van der Waals surface area contributed by atoms with Crippen molar-refractivity contribution in [3.63, 3.8) is 0 Å². The highest BCUT2D eigenvalue weighted by molar-refractivity contribution is 5.09. The molecule has 0 aliphatic heterocycles. The molecule has 0 amide bonds. The Morgan fingerprint density at radius 1 is 1.54 bits per heavy atom. The standard InChI is InChI=1S/C7H12F3NO2/c1-5(13-2)3-6(12,4-11)7(8,9)10/h3,12H,4,11H2,1-2H3. The lowest BCUT2D eigenvalue weighted by molar-refractivity contribution is -0.236. The highest BCUT2D eigenvalue weighted by Crippen LogP contribution is 2.31. The van der Waals surface area contributed by atoms with Crippen LogP contribution < -0.4 is 5.73 Å². The first-order valence-corrected chi connectivity index (χ1v) is 3.49. The normalized spacial score (nSPS) is 18.2. The molecule has 3 nitrogen and oxygen atoms in total. The molecule has 0 aromatic rings. The van der Waals surface area contributed by atoms with E-state index < -0.39 is 18.3 Å². The van der Waals surface area contributed by atoms with Crippen LogP contribution in [0.4, 0.5) is 13.2 Å². The minimum Gasteiger partial charge on any atom is -0.502 e. The van der Waals surface area contributed by atoms with Gasteiger partial charge in [0.05, 0.1) is 12.9 Å². The molecule has 0 saturated carbocycles. The second-order valence-corrected chi connectivity index (χ2v) is 2.59. The molecule has 0 heterocycles. The largest absolute Gasteiger partial charge is 0.502 e. The first-order chi connectivity index (χ1) is 5.77. The van der Waals surface area contributed by atoms with Gasteiger partial charge in [-0.2, -0.15) is 13.2 Å². The Morgan fingerprint density at radius 3 is 2.23 bits per heavy atom. The molecular formula is C7H12F3NO2. The summed E-state index contributed by atoms with van der Waals surface area (Å²) < 4.78 is 41.0. The van der Waals surface area contributed by atoms with E-state index in [1.165, 1.54) is 14.0 Å². The number of alkyl halides is 3. The molecule has 0 bridgehead atoms. The van der Waals surface area contributed by atoms with Crippen LogP contribution in [0, 0.1) is 0 Å². The molecule has 1 atom stereocenters. The van der Waals surface area contributed by atoms with Crippen molar-refractivity contribution in [2.75, 3.05) is 13.7 Å². The smallest absolute Gasteiger partial charge is 0.422 e. The van der Waals surface area contributed by atoms with Crippen LogP contribution in [-0.2, 0) is 4.74 Å². The average molecular weight is 199 g/mol. The van der Waals surface area contributed by atoms with Gasteiger partial charge >= 0.3 is 6.18 Å². The maximum absolute atomic E-state index is 12.2. The number of hydrogen-bond donors (Lipinski definition) is 2. The summed E-state index contributed by atoms with van der Waals surface area (Å²) in [6.45, 7) is 0.365. The van der Waals surface area contributed by atoms with Crippen LogP contribution in [0.5, 0.6) is 0 Å². The minimum atomic E-state index is -4.79. The van der Waals surface area contributed by atoms with Crippen LogP contribution >= 0.6 is 0 Å². The van der Waals surface area contributed by atoms with E-state index in [1.54, 1.807) is 0 Å². The Labute approximate surface area is 74.0 Å². The predicted octanol–water partition coefficient (Wildman–Crippen LogP) is 0.789. The van der Waals surface area contributed by atoms with Crippen molar-refractivity contribution >= 4 is 0 Å². The molecule has 0 rings (SSSR count). The molecule has 0 aromatic heterocycles. The SMILES string of the molecule is COC(C)=CC(O)(CN)C(F)(F)F. The average Bonchev–Trinajstić information content (AvgIpc) is 2.02. The summed E-state index contributed by atoms with van der Waals surface area (Å²) in [7, 11) is 1.21. The van der Waals surface area contributed by atoms with E-state index in [0.29, 0.717) is 6.08 Å². The Hall–Kier alpha value is -0.750. The molecule has 0 aromatic carbocycles. The zero-order chi connectivity index (χ0) is 10.7. The molecule has 3 N–H and O–H groups in total. The van der Waals surface area contributed by atoms with Crippen molar-refractivity contribution < 1.29 is 23.0 Å². The van der Waals surface area contributed by atoms with E-state index >= 15 is 0 Å². The molecular weight excluding hydrogens is 187 g/mol. The second kappa shape index (κ2) is 3.97. The number of ether oxygens (including phenoxy) is 1. The summed E-state index contributed by atoms with van der Waals surface area (Å²) in [6.07, 6.45) is -4.24. The molecule has 0 spiro atoms. The van der Waals surface area contributed by atoms with Crippen molar-refractivity contribution in [2.45, 2.75) is 18.7 Å². The van der Waals surface area contributed by atoms with Gasteiger partial charge in [0.15, 0.2) is 5.60 Å². The third-order valence-electron chi connectivity index (χ3n) is 1.57. The quantitative estimate of drug-likeness (QED) is 0.660. The van der Waals surface area contributed by atoms with E-state index in [-0.39, 0.29) is 5.76 Å². The lowest BCUT2D eigenvalue weighted by Crippen LogP contribution is -2.49. The highest BCUT2D eigenvalue weighted by Gasteiger charge is 2.51. The van der Waals surface area contributed by atoms with Gasteiger partial charge < -0.3 is 15.6 Å². The van der Waals surface area contributed by atoms with Gasteiger partial charge in [0.25, 0.3) is 0 Å². The molecule has 78 valence electrons. The van der Waals surface area contributed by atoms with E-state index in [9.17, 15) is 13.2 Å². The van der Waals surface area contributed by atoms with Gasteiger partial charge in [0.2, 0.25) is 0 Å². The zero-order valence-corrected chi connectivity index (χ0v) is 7.35. The number of nitrogens with two attached hydrogens (primary N) is 1. The van der Waals surface area contributed by atoms with Gasteiger partial charge in [-0.3, -0.25) is 0 Å². The summed E-state index contributed by atoms with van der Waals surface area (Å²) >= 11 is 0.